The number of aromatic nitrogens is 2. The van der Waals surface area contributed by atoms with Crippen molar-refractivity contribution in [2.24, 2.45) is 5.73 Å². The monoisotopic (exact) mass is 337 g/mol. The van der Waals surface area contributed by atoms with Crippen LogP contribution in [0, 0.1) is 5.82 Å². The Morgan fingerprint density at radius 1 is 1.04 bits per heavy atom. The molecule has 0 saturated heterocycles. The fourth-order valence-electron chi connectivity index (χ4n) is 3.83. The van der Waals surface area contributed by atoms with Crippen LogP contribution in [-0.4, -0.2) is 10.1 Å². The summed E-state index contributed by atoms with van der Waals surface area (Å²) in [4.78, 5) is 4.61. The van der Waals surface area contributed by atoms with Crippen molar-refractivity contribution in [1.29, 1.82) is 0 Å². The molecule has 0 amide bonds. The molecular weight excluding hydrogens is 317 g/mol. The summed E-state index contributed by atoms with van der Waals surface area (Å²) < 4.78 is 20.0. The third kappa shape index (κ3) is 2.46. The zero-order chi connectivity index (χ0) is 15.2. The normalized spacial score (nSPS) is 21.5. The van der Waals surface area contributed by atoms with Crippen LogP contribution >= 0.6 is 12.4 Å². The van der Waals surface area contributed by atoms with Gasteiger partial charge in [0.15, 0.2) is 5.82 Å². The number of benzene rings is 1. The zero-order valence-corrected chi connectivity index (χ0v) is 13.7. The van der Waals surface area contributed by atoms with Crippen molar-refractivity contribution in [3.05, 3.63) is 47.4 Å². The molecule has 2 aliphatic rings. The molecule has 2 aromatic rings. The van der Waals surface area contributed by atoms with Crippen molar-refractivity contribution in [1.82, 2.24) is 10.1 Å². The summed E-state index contributed by atoms with van der Waals surface area (Å²) in [6.07, 6.45) is 6.63. The summed E-state index contributed by atoms with van der Waals surface area (Å²) in [7, 11) is 0. The van der Waals surface area contributed by atoms with E-state index in [4.69, 9.17) is 10.3 Å². The lowest BCUT2D eigenvalue weighted by Gasteiger charge is -2.34. The van der Waals surface area contributed by atoms with Crippen molar-refractivity contribution >= 4 is 12.4 Å². The second-order valence-electron chi connectivity index (χ2n) is 6.70. The summed E-state index contributed by atoms with van der Waals surface area (Å²) in [5, 5.41) is 4.12. The number of hydrogen-bond donors (Lipinski definition) is 1. The molecule has 1 aromatic carbocycles. The van der Waals surface area contributed by atoms with Crippen molar-refractivity contribution in [2.75, 3.05) is 0 Å². The quantitative estimate of drug-likeness (QED) is 0.924. The highest BCUT2D eigenvalue weighted by molar-refractivity contribution is 5.85. The van der Waals surface area contributed by atoms with E-state index < -0.39 is 11.0 Å². The standard InChI is InChI=1S/C17H20FN3O.ClH/c18-13-7-2-1-6-12(13)16(8-3-4-9-16)15-20-14(21-22-15)17(19)10-5-11-17;/h1-2,6-7H,3-5,8-11,19H2;1H. The van der Waals surface area contributed by atoms with E-state index in [-0.39, 0.29) is 18.2 Å². The van der Waals surface area contributed by atoms with Crippen LogP contribution in [0.5, 0.6) is 0 Å². The Kier molecular flexibility index (Phi) is 4.19. The highest BCUT2D eigenvalue weighted by atomic mass is 35.5. The van der Waals surface area contributed by atoms with Gasteiger partial charge in [-0.05, 0) is 38.2 Å². The molecule has 4 nitrogen and oxygen atoms in total. The minimum Gasteiger partial charge on any atom is -0.338 e. The van der Waals surface area contributed by atoms with Gasteiger partial charge in [-0.2, -0.15) is 4.98 Å². The van der Waals surface area contributed by atoms with E-state index in [0.29, 0.717) is 17.3 Å². The fraction of sp³-hybridized carbons (Fsp3) is 0.529. The Labute approximate surface area is 141 Å². The van der Waals surface area contributed by atoms with Crippen LogP contribution in [0.3, 0.4) is 0 Å². The van der Waals surface area contributed by atoms with Gasteiger partial charge >= 0.3 is 0 Å². The first-order valence-electron chi connectivity index (χ1n) is 8.03. The molecule has 23 heavy (non-hydrogen) atoms. The van der Waals surface area contributed by atoms with Crippen molar-refractivity contribution in [2.45, 2.75) is 55.9 Å². The predicted molar refractivity (Wildman–Crippen MR) is 86.9 cm³/mol. The highest BCUT2D eigenvalue weighted by Gasteiger charge is 2.46. The molecule has 2 aliphatic carbocycles. The predicted octanol–water partition coefficient (Wildman–Crippen LogP) is 3.83. The molecule has 1 heterocycles. The van der Waals surface area contributed by atoms with E-state index in [1.54, 1.807) is 6.07 Å². The minimum absolute atomic E-state index is 0. The van der Waals surface area contributed by atoms with Crippen LogP contribution in [0.15, 0.2) is 28.8 Å². The van der Waals surface area contributed by atoms with Crippen LogP contribution in [0.1, 0.15) is 62.2 Å². The summed E-state index contributed by atoms with van der Waals surface area (Å²) in [5.41, 5.74) is 6.02. The minimum atomic E-state index is -0.489. The fourth-order valence-corrected chi connectivity index (χ4v) is 3.83. The van der Waals surface area contributed by atoms with Gasteiger partial charge in [0.25, 0.3) is 0 Å². The molecule has 0 aliphatic heterocycles. The van der Waals surface area contributed by atoms with Gasteiger partial charge in [0.2, 0.25) is 5.89 Å². The smallest absolute Gasteiger partial charge is 0.237 e. The maximum Gasteiger partial charge on any atom is 0.237 e. The molecule has 0 spiro atoms. The van der Waals surface area contributed by atoms with E-state index in [9.17, 15) is 4.39 Å². The molecular formula is C17H21ClFN3O. The molecule has 2 saturated carbocycles. The second-order valence-corrected chi connectivity index (χ2v) is 6.70. The average Bonchev–Trinajstić information content (AvgIpc) is 3.15. The lowest BCUT2D eigenvalue weighted by molar-refractivity contribution is 0.227. The Morgan fingerprint density at radius 3 is 2.35 bits per heavy atom. The molecule has 0 atom stereocenters. The third-order valence-electron chi connectivity index (χ3n) is 5.37. The van der Waals surface area contributed by atoms with E-state index in [2.05, 4.69) is 10.1 Å². The van der Waals surface area contributed by atoms with Crippen LogP contribution < -0.4 is 5.73 Å². The molecule has 2 fully saturated rings. The topological polar surface area (TPSA) is 64.9 Å². The Bertz CT molecular complexity index is 693. The average molecular weight is 338 g/mol. The molecule has 2 N–H and O–H groups in total. The van der Waals surface area contributed by atoms with Crippen molar-refractivity contribution < 1.29 is 8.91 Å². The SMILES string of the molecule is Cl.NC1(c2noc(C3(c4ccccc4F)CCCC3)n2)CCC1. The second kappa shape index (κ2) is 5.87. The molecule has 1 aromatic heterocycles. The van der Waals surface area contributed by atoms with E-state index in [0.717, 1.165) is 44.9 Å². The van der Waals surface area contributed by atoms with Gasteiger partial charge in [-0.3, -0.25) is 0 Å². The van der Waals surface area contributed by atoms with Crippen LogP contribution in [0.25, 0.3) is 0 Å². The molecule has 0 radical (unpaired) electrons. The largest absolute Gasteiger partial charge is 0.338 e. The van der Waals surface area contributed by atoms with Crippen LogP contribution in [0.2, 0.25) is 0 Å². The molecule has 0 unspecified atom stereocenters. The molecule has 6 heteroatoms. The first kappa shape index (κ1) is 16.4. The van der Waals surface area contributed by atoms with E-state index in [1.807, 2.05) is 12.1 Å². The number of nitrogens with zero attached hydrogens (tertiary/aromatic N) is 2. The number of rotatable bonds is 3. The van der Waals surface area contributed by atoms with Crippen molar-refractivity contribution in [3.8, 4) is 0 Å². The number of hydrogen-bond acceptors (Lipinski definition) is 4. The van der Waals surface area contributed by atoms with Gasteiger partial charge in [0.05, 0.1) is 11.0 Å². The molecule has 0 bridgehead atoms. The highest BCUT2D eigenvalue weighted by Crippen LogP contribution is 2.47. The van der Waals surface area contributed by atoms with Gasteiger partial charge < -0.3 is 10.3 Å². The Morgan fingerprint density at radius 2 is 1.74 bits per heavy atom. The summed E-state index contributed by atoms with van der Waals surface area (Å²) in [6, 6.07) is 6.92. The van der Waals surface area contributed by atoms with E-state index >= 15 is 0 Å². The summed E-state index contributed by atoms with van der Waals surface area (Å²) in [6.45, 7) is 0. The third-order valence-corrected chi connectivity index (χ3v) is 5.37. The van der Waals surface area contributed by atoms with Crippen LogP contribution in [-0.2, 0) is 11.0 Å². The van der Waals surface area contributed by atoms with Gasteiger partial charge in [0, 0.05) is 5.56 Å². The Balaban J connectivity index is 0.00000156. The number of halogens is 2. The lowest BCUT2D eigenvalue weighted by atomic mass is 9.76. The van der Waals surface area contributed by atoms with Gasteiger partial charge in [-0.15, -0.1) is 12.4 Å². The zero-order valence-electron chi connectivity index (χ0n) is 12.9. The van der Waals surface area contributed by atoms with Gasteiger partial charge in [-0.1, -0.05) is 36.2 Å². The van der Waals surface area contributed by atoms with Crippen molar-refractivity contribution in [3.63, 3.8) is 0 Å². The molecule has 4 rings (SSSR count). The summed E-state index contributed by atoms with van der Waals surface area (Å²) in [5.74, 6) is 0.911. The lowest BCUT2D eigenvalue weighted by Crippen LogP contribution is -2.44. The Hall–Kier alpha value is -1.46. The van der Waals surface area contributed by atoms with Gasteiger partial charge in [-0.25, -0.2) is 4.39 Å². The number of nitrogens with two attached hydrogens (primary N) is 1. The maximum absolute atomic E-state index is 14.4. The van der Waals surface area contributed by atoms with Crippen LogP contribution in [0.4, 0.5) is 4.39 Å². The maximum atomic E-state index is 14.4. The first-order chi connectivity index (χ1) is 10.6. The summed E-state index contributed by atoms with van der Waals surface area (Å²) >= 11 is 0. The van der Waals surface area contributed by atoms with E-state index in [1.165, 1.54) is 6.07 Å². The molecule has 124 valence electrons. The van der Waals surface area contributed by atoms with Gasteiger partial charge in [0.1, 0.15) is 5.82 Å². The first-order valence-corrected chi connectivity index (χ1v) is 8.03.